The van der Waals surface area contributed by atoms with Gasteiger partial charge in [0.2, 0.25) is 0 Å². The summed E-state index contributed by atoms with van der Waals surface area (Å²) in [4.78, 5) is 25.9. The van der Waals surface area contributed by atoms with Gasteiger partial charge in [-0.05, 0) is 100 Å². The lowest BCUT2D eigenvalue weighted by molar-refractivity contribution is -0.108. The van der Waals surface area contributed by atoms with Crippen molar-refractivity contribution in [2.45, 2.75) is 102 Å². The number of hydrogen-bond acceptors (Lipinski definition) is 4. The van der Waals surface area contributed by atoms with Gasteiger partial charge in [0.1, 0.15) is 13.2 Å². The molecule has 0 aromatic heterocycles. The van der Waals surface area contributed by atoms with Crippen molar-refractivity contribution in [2.75, 3.05) is 13.2 Å². The summed E-state index contributed by atoms with van der Waals surface area (Å²) in [5.41, 5.74) is 3.11. The second-order valence-electron chi connectivity index (χ2n) is 13.7. The van der Waals surface area contributed by atoms with Crippen LogP contribution in [0.15, 0.2) is 48.5 Å². The summed E-state index contributed by atoms with van der Waals surface area (Å²) in [5.74, 6) is 3.00. The Morgan fingerprint density at radius 3 is 1.43 bits per heavy atom. The van der Waals surface area contributed by atoms with Gasteiger partial charge in [-0.2, -0.15) is 0 Å². The molecule has 4 saturated carbocycles. The largest absolute Gasteiger partial charge is 0.367 e. The van der Waals surface area contributed by atoms with E-state index in [4.69, 9.17) is 9.47 Å². The zero-order valence-electron chi connectivity index (χ0n) is 24.5. The Labute approximate surface area is 240 Å². The van der Waals surface area contributed by atoms with Crippen LogP contribution in [0.1, 0.15) is 112 Å². The topological polar surface area (TPSA) is 52.6 Å². The van der Waals surface area contributed by atoms with Crippen LogP contribution in [0.4, 0.5) is 0 Å². The number of hydrogen-bond donors (Lipinski definition) is 0. The van der Waals surface area contributed by atoms with E-state index in [0.717, 1.165) is 35.8 Å². The Morgan fingerprint density at radius 1 is 0.625 bits per heavy atom. The summed E-state index contributed by atoms with van der Waals surface area (Å²) >= 11 is 0. The minimum absolute atomic E-state index is 0.0436. The van der Waals surface area contributed by atoms with Crippen molar-refractivity contribution in [3.63, 3.8) is 0 Å². The van der Waals surface area contributed by atoms with Gasteiger partial charge in [-0.1, -0.05) is 74.2 Å². The van der Waals surface area contributed by atoms with Crippen molar-refractivity contribution in [3.05, 3.63) is 59.7 Å². The first-order valence-corrected chi connectivity index (χ1v) is 15.9. The Hall–Kier alpha value is -2.30. The van der Waals surface area contributed by atoms with Crippen LogP contribution in [0.3, 0.4) is 0 Å². The van der Waals surface area contributed by atoms with Crippen LogP contribution in [0.2, 0.25) is 0 Å². The van der Waals surface area contributed by atoms with Crippen LogP contribution in [-0.2, 0) is 9.47 Å². The fourth-order valence-corrected chi connectivity index (χ4v) is 8.31. The van der Waals surface area contributed by atoms with Crippen molar-refractivity contribution in [2.24, 2.45) is 23.7 Å². The van der Waals surface area contributed by atoms with Crippen LogP contribution >= 0.6 is 0 Å². The number of carbonyl (C=O) groups is 2. The number of ketones is 2. The first-order chi connectivity index (χ1) is 19.3. The third kappa shape index (κ3) is 5.85. The molecule has 0 unspecified atom stereocenters. The molecule has 0 aliphatic heterocycles. The van der Waals surface area contributed by atoms with E-state index in [1.807, 2.05) is 48.5 Å². The summed E-state index contributed by atoms with van der Waals surface area (Å²) in [7, 11) is 0. The van der Waals surface area contributed by atoms with Gasteiger partial charge in [0.25, 0.3) is 0 Å². The maximum Gasteiger partial charge on any atom is 0.188 e. The molecular formula is C36H46O4. The van der Waals surface area contributed by atoms with E-state index in [0.29, 0.717) is 23.0 Å². The quantitative estimate of drug-likeness (QED) is 0.298. The van der Waals surface area contributed by atoms with Gasteiger partial charge in [-0.15, -0.1) is 0 Å². The number of carbonyl (C=O) groups excluding carboxylic acids is 2. The molecule has 4 fully saturated rings. The number of rotatable bonds is 9. The minimum Gasteiger partial charge on any atom is -0.367 e. The van der Waals surface area contributed by atoms with Crippen LogP contribution in [0.25, 0.3) is 11.1 Å². The number of fused-ring (bicyclic) bond motifs is 4. The van der Waals surface area contributed by atoms with E-state index >= 15 is 0 Å². The van der Waals surface area contributed by atoms with Crippen molar-refractivity contribution < 1.29 is 19.1 Å². The highest BCUT2D eigenvalue weighted by molar-refractivity contribution is 5.98. The van der Waals surface area contributed by atoms with Crippen LogP contribution in [0, 0.1) is 23.7 Å². The lowest BCUT2D eigenvalue weighted by Gasteiger charge is -2.47. The molecule has 0 saturated heterocycles. The summed E-state index contributed by atoms with van der Waals surface area (Å²) < 4.78 is 12.6. The Morgan fingerprint density at radius 2 is 1.02 bits per heavy atom. The Bertz CT molecular complexity index is 1100. The molecule has 6 atom stereocenters. The molecule has 0 spiro atoms. The SMILES string of the molecule is C[C@]1(OCC(=O)c2ccc(-c3ccc(C(=O)CO[C@@]4(C)CC[C@H]5CCC[C@@H]4C5)cc3)cc2)CC[C@H]2CCC[C@@H]1C2. The maximum absolute atomic E-state index is 13.0. The minimum atomic E-state index is -0.163. The predicted molar refractivity (Wildman–Crippen MR) is 159 cm³/mol. The molecule has 4 aliphatic carbocycles. The molecule has 4 heteroatoms. The van der Waals surface area contributed by atoms with Crippen molar-refractivity contribution in [3.8, 4) is 11.1 Å². The third-order valence-corrected chi connectivity index (χ3v) is 11.2. The molecule has 0 heterocycles. The first kappa shape index (κ1) is 27.8. The highest BCUT2D eigenvalue weighted by atomic mass is 16.5. The number of Topliss-reactive ketones (excluding diaryl/α,β-unsaturated/α-hetero) is 2. The summed E-state index contributed by atoms with van der Waals surface area (Å²) in [5, 5.41) is 0. The normalized spacial score (nSPS) is 33.4. The average Bonchev–Trinajstić information content (AvgIpc) is 3.00. The summed E-state index contributed by atoms with van der Waals surface area (Å²) in [6, 6.07) is 15.5. The Kier molecular flexibility index (Phi) is 8.03. The summed E-state index contributed by atoms with van der Waals surface area (Å²) in [6.07, 6.45) is 14.9. The molecule has 2 aromatic carbocycles. The smallest absolute Gasteiger partial charge is 0.188 e. The van der Waals surface area contributed by atoms with Gasteiger partial charge >= 0.3 is 0 Å². The van der Waals surface area contributed by atoms with Crippen molar-refractivity contribution >= 4 is 11.6 Å². The molecule has 0 amide bonds. The van der Waals surface area contributed by atoms with E-state index in [2.05, 4.69) is 13.8 Å². The summed E-state index contributed by atoms with van der Waals surface area (Å²) in [6.45, 7) is 4.74. The molecule has 6 rings (SSSR count). The third-order valence-electron chi connectivity index (χ3n) is 11.2. The molecule has 4 aliphatic rings. The molecule has 4 nitrogen and oxygen atoms in total. The second-order valence-corrected chi connectivity index (χ2v) is 13.7. The van der Waals surface area contributed by atoms with Gasteiger partial charge in [0.15, 0.2) is 11.6 Å². The molecule has 214 valence electrons. The molecular weight excluding hydrogens is 496 g/mol. The van der Waals surface area contributed by atoms with Crippen LogP contribution < -0.4 is 0 Å². The van der Waals surface area contributed by atoms with E-state index in [9.17, 15) is 9.59 Å². The van der Waals surface area contributed by atoms with Crippen LogP contribution in [-0.4, -0.2) is 36.0 Å². The number of ether oxygens (including phenoxy) is 2. The van der Waals surface area contributed by atoms with Gasteiger partial charge in [-0.25, -0.2) is 0 Å². The fraction of sp³-hybridized carbons (Fsp3) is 0.611. The maximum atomic E-state index is 13.0. The van der Waals surface area contributed by atoms with Gasteiger partial charge < -0.3 is 9.47 Å². The van der Waals surface area contributed by atoms with Gasteiger partial charge in [0.05, 0.1) is 11.2 Å². The average molecular weight is 543 g/mol. The zero-order valence-corrected chi connectivity index (χ0v) is 24.5. The molecule has 2 aromatic rings. The van der Waals surface area contributed by atoms with E-state index < -0.39 is 0 Å². The predicted octanol–water partition coefficient (Wildman–Crippen LogP) is 8.47. The van der Waals surface area contributed by atoms with Crippen molar-refractivity contribution in [1.82, 2.24) is 0 Å². The van der Waals surface area contributed by atoms with Gasteiger partial charge in [0, 0.05) is 11.1 Å². The van der Waals surface area contributed by atoms with Gasteiger partial charge in [-0.3, -0.25) is 9.59 Å². The zero-order chi connectivity index (χ0) is 27.7. The van der Waals surface area contributed by atoms with E-state index in [-0.39, 0.29) is 36.0 Å². The highest BCUT2D eigenvalue weighted by Gasteiger charge is 2.44. The lowest BCUT2D eigenvalue weighted by Crippen LogP contribution is -2.45. The molecule has 0 N–H and O–H groups in total. The monoisotopic (exact) mass is 542 g/mol. The first-order valence-electron chi connectivity index (χ1n) is 15.9. The number of benzene rings is 2. The lowest BCUT2D eigenvalue weighted by atomic mass is 9.65. The van der Waals surface area contributed by atoms with E-state index in [1.54, 1.807) is 0 Å². The Balaban J connectivity index is 1.02. The van der Waals surface area contributed by atoms with Crippen molar-refractivity contribution in [1.29, 1.82) is 0 Å². The highest BCUT2D eigenvalue weighted by Crippen LogP contribution is 2.48. The molecule has 40 heavy (non-hydrogen) atoms. The second kappa shape index (κ2) is 11.5. The fourth-order valence-electron chi connectivity index (χ4n) is 8.31. The molecule has 4 bridgehead atoms. The van der Waals surface area contributed by atoms with Crippen LogP contribution in [0.5, 0.6) is 0 Å². The molecule has 0 radical (unpaired) electrons. The van der Waals surface area contributed by atoms with E-state index in [1.165, 1.54) is 64.2 Å². The standard InChI is InChI=1S/C36H46O4/c1-35(19-17-25-5-3-7-31(35)21-25)39-23-33(37)29-13-9-27(10-14-29)28-11-15-30(16-12-28)34(38)24-40-36(2)20-18-26-6-4-8-32(36)22-26/h9-16,25-26,31-32H,3-8,17-24H2,1-2H3/t25-,26-,31-,32-,35+,36+/m1/s1.